The SMILES string of the molecule is Cc1cc(OCC(=O)N(C(C)C)C(C)C)c(C(C)C)cc1Br. The summed E-state index contributed by atoms with van der Waals surface area (Å²) >= 11 is 3.56. The van der Waals surface area contributed by atoms with E-state index in [4.69, 9.17) is 4.74 Å². The molecule has 3 nitrogen and oxygen atoms in total. The van der Waals surface area contributed by atoms with Gasteiger partial charge in [0.05, 0.1) is 0 Å². The van der Waals surface area contributed by atoms with Gasteiger partial charge in [0.15, 0.2) is 6.61 Å². The fraction of sp³-hybridized carbons (Fsp3) is 0.611. The minimum Gasteiger partial charge on any atom is -0.483 e. The van der Waals surface area contributed by atoms with Crippen molar-refractivity contribution in [3.63, 3.8) is 0 Å². The molecule has 0 aliphatic carbocycles. The molecule has 0 heterocycles. The van der Waals surface area contributed by atoms with Crippen molar-refractivity contribution >= 4 is 21.8 Å². The predicted molar refractivity (Wildman–Crippen MR) is 95.6 cm³/mol. The minimum absolute atomic E-state index is 0.0280. The Morgan fingerprint density at radius 3 is 2.14 bits per heavy atom. The molecule has 0 aromatic heterocycles. The van der Waals surface area contributed by atoms with E-state index in [1.807, 2.05) is 45.6 Å². The van der Waals surface area contributed by atoms with Gasteiger partial charge in [-0.25, -0.2) is 0 Å². The van der Waals surface area contributed by atoms with Gasteiger partial charge in [-0.2, -0.15) is 0 Å². The van der Waals surface area contributed by atoms with Gasteiger partial charge in [-0.3, -0.25) is 4.79 Å². The van der Waals surface area contributed by atoms with Crippen LogP contribution in [0.2, 0.25) is 0 Å². The van der Waals surface area contributed by atoms with E-state index >= 15 is 0 Å². The van der Waals surface area contributed by atoms with Crippen LogP contribution in [0.3, 0.4) is 0 Å². The normalized spacial score (nSPS) is 11.4. The monoisotopic (exact) mass is 369 g/mol. The summed E-state index contributed by atoms with van der Waals surface area (Å²) in [4.78, 5) is 14.3. The number of rotatable bonds is 6. The molecule has 4 heteroatoms. The van der Waals surface area contributed by atoms with E-state index in [0.29, 0.717) is 5.92 Å². The molecule has 0 radical (unpaired) electrons. The Morgan fingerprint density at radius 2 is 1.68 bits per heavy atom. The Balaban J connectivity index is 2.92. The van der Waals surface area contributed by atoms with E-state index in [-0.39, 0.29) is 24.6 Å². The molecule has 22 heavy (non-hydrogen) atoms. The number of halogens is 1. The molecule has 1 amide bonds. The molecule has 0 atom stereocenters. The number of ether oxygens (including phenoxy) is 1. The van der Waals surface area contributed by atoms with Crippen LogP contribution in [0.1, 0.15) is 58.6 Å². The van der Waals surface area contributed by atoms with Gasteiger partial charge in [0.1, 0.15) is 5.75 Å². The third-order valence-electron chi connectivity index (χ3n) is 3.66. The van der Waals surface area contributed by atoms with Crippen molar-refractivity contribution in [1.82, 2.24) is 4.90 Å². The van der Waals surface area contributed by atoms with Crippen LogP contribution in [0.25, 0.3) is 0 Å². The van der Waals surface area contributed by atoms with Crippen LogP contribution >= 0.6 is 15.9 Å². The predicted octanol–water partition coefficient (Wildman–Crippen LogP) is 4.91. The molecule has 1 aromatic rings. The molecule has 0 spiro atoms. The van der Waals surface area contributed by atoms with Gasteiger partial charge in [-0.1, -0.05) is 29.8 Å². The number of amides is 1. The Hall–Kier alpha value is -1.03. The molecule has 0 aliphatic heterocycles. The molecule has 1 rings (SSSR count). The smallest absolute Gasteiger partial charge is 0.260 e. The van der Waals surface area contributed by atoms with E-state index in [1.165, 1.54) is 0 Å². The number of hydrogen-bond acceptors (Lipinski definition) is 2. The molecular formula is C18H28BrNO2. The highest BCUT2D eigenvalue weighted by Crippen LogP contribution is 2.32. The summed E-state index contributed by atoms with van der Waals surface area (Å²) < 4.78 is 6.94. The molecule has 124 valence electrons. The maximum absolute atomic E-state index is 12.4. The first-order valence-electron chi connectivity index (χ1n) is 7.89. The number of benzene rings is 1. The van der Waals surface area contributed by atoms with Crippen molar-refractivity contribution in [1.29, 1.82) is 0 Å². The Morgan fingerprint density at radius 1 is 1.14 bits per heavy atom. The van der Waals surface area contributed by atoms with Gasteiger partial charge in [-0.05, 0) is 63.8 Å². The van der Waals surface area contributed by atoms with E-state index < -0.39 is 0 Å². The van der Waals surface area contributed by atoms with Crippen molar-refractivity contribution in [2.75, 3.05) is 6.61 Å². The molecule has 0 saturated carbocycles. The highest BCUT2D eigenvalue weighted by Gasteiger charge is 2.21. The molecule has 1 aromatic carbocycles. The lowest BCUT2D eigenvalue weighted by Crippen LogP contribution is -2.44. The molecule has 0 aliphatic rings. The van der Waals surface area contributed by atoms with E-state index in [2.05, 4.69) is 35.8 Å². The summed E-state index contributed by atoms with van der Waals surface area (Å²) in [5.74, 6) is 1.17. The summed E-state index contributed by atoms with van der Waals surface area (Å²) in [6, 6.07) is 4.43. The van der Waals surface area contributed by atoms with Gasteiger partial charge in [0, 0.05) is 16.6 Å². The molecule has 0 N–H and O–H groups in total. The second kappa shape index (κ2) is 8.00. The highest BCUT2D eigenvalue weighted by molar-refractivity contribution is 9.10. The van der Waals surface area contributed by atoms with Crippen LogP contribution in [-0.4, -0.2) is 29.5 Å². The lowest BCUT2D eigenvalue weighted by molar-refractivity contribution is -0.137. The first kappa shape index (κ1) is 19.0. The van der Waals surface area contributed by atoms with E-state index in [0.717, 1.165) is 21.3 Å². The third kappa shape index (κ3) is 4.73. The topological polar surface area (TPSA) is 29.5 Å². The van der Waals surface area contributed by atoms with Crippen molar-refractivity contribution < 1.29 is 9.53 Å². The number of aryl methyl sites for hydroxylation is 1. The van der Waals surface area contributed by atoms with Crippen LogP contribution in [0.15, 0.2) is 16.6 Å². The minimum atomic E-state index is 0.0280. The van der Waals surface area contributed by atoms with E-state index in [1.54, 1.807) is 0 Å². The zero-order chi connectivity index (χ0) is 17.0. The maximum Gasteiger partial charge on any atom is 0.260 e. The highest BCUT2D eigenvalue weighted by atomic mass is 79.9. The fourth-order valence-electron chi connectivity index (χ4n) is 2.63. The van der Waals surface area contributed by atoms with Crippen molar-refractivity contribution in [2.24, 2.45) is 0 Å². The second-order valence-electron chi connectivity index (χ2n) is 6.57. The average Bonchev–Trinajstić information content (AvgIpc) is 2.38. The first-order chi connectivity index (χ1) is 10.1. The van der Waals surface area contributed by atoms with Crippen LogP contribution < -0.4 is 4.74 Å². The number of hydrogen-bond donors (Lipinski definition) is 0. The molecule has 0 bridgehead atoms. The molecule has 0 fully saturated rings. The van der Waals surface area contributed by atoms with Crippen molar-refractivity contribution in [3.8, 4) is 5.75 Å². The molecule has 0 unspecified atom stereocenters. The quantitative estimate of drug-likeness (QED) is 0.712. The lowest BCUT2D eigenvalue weighted by atomic mass is 10.0. The standard InChI is InChI=1S/C18H28BrNO2/c1-11(2)15-9-16(19)14(7)8-17(15)22-10-18(21)20(12(3)4)13(5)6/h8-9,11-13H,10H2,1-7H3. The second-order valence-corrected chi connectivity index (χ2v) is 7.43. The van der Waals surface area contributed by atoms with Gasteiger partial charge in [0.25, 0.3) is 5.91 Å². The van der Waals surface area contributed by atoms with Crippen molar-refractivity contribution in [3.05, 3.63) is 27.7 Å². The first-order valence-corrected chi connectivity index (χ1v) is 8.68. The van der Waals surface area contributed by atoms with Crippen LogP contribution in [-0.2, 0) is 4.79 Å². The molecular weight excluding hydrogens is 342 g/mol. The zero-order valence-corrected chi connectivity index (χ0v) is 16.3. The molecule has 0 saturated heterocycles. The Kier molecular flexibility index (Phi) is 6.92. The van der Waals surface area contributed by atoms with Crippen LogP contribution in [0.4, 0.5) is 0 Å². The van der Waals surface area contributed by atoms with Gasteiger partial charge < -0.3 is 9.64 Å². The Labute approximate surface area is 143 Å². The Bertz CT molecular complexity index is 516. The van der Waals surface area contributed by atoms with E-state index in [9.17, 15) is 4.79 Å². The summed E-state index contributed by atoms with van der Waals surface area (Å²) in [7, 11) is 0. The summed E-state index contributed by atoms with van der Waals surface area (Å²) in [6.45, 7) is 14.5. The number of carbonyl (C=O) groups excluding carboxylic acids is 1. The van der Waals surface area contributed by atoms with Gasteiger partial charge in [-0.15, -0.1) is 0 Å². The maximum atomic E-state index is 12.4. The number of nitrogens with zero attached hydrogens (tertiary/aromatic N) is 1. The zero-order valence-electron chi connectivity index (χ0n) is 14.7. The average molecular weight is 370 g/mol. The summed E-state index contributed by atoms with van der Waals surface area (Å²) in [5, 5.41) is 0. The summed E-state index contributed by atoms with van der Waals surface area (Å²) in [6.07, 6.45) is 0. The third-order valence-corrected chi connectivity index (χ3v) is 4.52. The van der Waals surface area contributed by atoms with Crippen molar-refractivity contribution in [2.45, 2.75) is 66.5 Å². The number of carbonyl (C=O) groups is 1. The fourth-order valence-corrected chi connectivity index (χ4v) is 2.99. The van der Waals surface area contributed by atoms with Crippen LogP contribution in [0.5, 0.6) is 5.75 Å². The van der Waals surface area contributed by atoms with Gasteiger partial charge in [0.2, 0.25) is 0 Å². The van der Waals surface area contributed by atoms with Gasteiger partial charge >= 0.3 is 0 Å². The van der Waals surface area contributed by atoms with Crippen LogP contribution in [0, 0.1) is 6.92 Å². The lowest BCUT2D eigenvalue weighted by Gasteiger charge is -2.30. The largest absolute Gasteiger partial charge is 0.483 e. The summed E-state index contributed by atoms with van der Waals surface area (Å²) in [5.41, 5.74) is 2.22.